The van der Waals surface area contributed by atoms with E-state index in [1.54, 1.807) is 25.1 Å². The summed E-state index contributed by atoms with van der Waals surface area (Å²) in [5.74, 6) is -1.26. The zero-order valence-corrected chi connectivity index (χ0v) is 14.7. The van der Waals surface area contributed by atoms with Crippen molar-refractivity contribution >= 4 is 38.9 Å². The van der Waals surface area contributed by atoms with E-state index in [1.165, 1.54) is 24.3 Å². The standard InChI is InChI=1S/C16H16ClFN2O3S/c1-11-6-7-14(18)15(8-11)19-16(21)10-20(24(2,22)23)13-5-3-4-12(17)9-13/h3-9H,10H2,1-2H3,(H,19,21). The molecule has 2 rings (SSSR count). The van der Waals surface area contributed by atoms with Crippen molar-refractivity contribution in [3.05, 3.63) is 58.9 Å². The van der Waals surface area contributed by atoms with Crippen LogP contribution >= 0.6 is 11.6 Å². The average Bonchev–Trinajstić information content (AvgIpc) is 2.47. The van der Waals surface area contributed by atoms with E-state index in [0.717, 1.165) is 16.1 Å². The predicted molar refractivity (Wildman–Crippen MR) is 93.4 cm³/mol. The lowest BCUT2D eigenvalue weighted by molar-refractivity contribution is -0.114. The van der Waals surface area contributed by atoms with Gasteiger partial charge in [-0.1, -0.05) is 23.7 Å². The van der Waals surface area contributed by atoms with Crippen molar-refractivity contribution in [2.45, 2.75) is 6.92 Å². The van der Waals surface area contributed by atoms with Gasteiger partial charge >= 0.3 is 0 Å². The molecule has 0 saturated carbocycles. The van der Waals surface area contributed by atoms with Gasteiger partial charge in [0.2, 0.25) is 15.9 Å². The Kier molecular flexibility index (Phi) is 5.46. The van der Waals surface area contributed by atoms with E-state index in [4.69, 9.17) is 11.6 Å². The summed E-state index contributed by atoms with van der Waals surface area (Å²) in [4.78, 5) is 12.2. The molecule has 8 heteroatoms. The predicted octanol–water partition coefficient (Wildman–Crippen LogP) is 3.19. The Labute approximate surface area is 145 Å². The normalized spacial score (nSPS) is 11.2. The van der Waals surface area contributed by atoms with Gasteiger partial charge in [0.15, 0.2) is 0 Å². The minimum absolute atomic E-state index is 0.000421. The van der Waals surface area contributed by atoms with E-state index in [2.05, 4.69) is 5.32 Å². The maximum atomic E-state index is 13.7. The number of sulfonamides is 1. The van der Waals surface area contributed by atoms with Crippen molar-refractivity contribution in [2.24, 2.45) is 0 Å². The van der Waals surface area contributed by atoms with Crippen molar-refractivity contribution in [2.75, 3.05) is 22.4 Å². The topological polar surface area (TPSA) is 66.5 Å². The molecule has 0 aliphatic heterocycles. The van der Waals surface area contributed by atoms with E-state index in [0.29, 0.717) is 5.02 Å². The molecule has 0 aliphatic carbocycles. The number of nitrogens with one attached hydrogen (secondary N) is 1. The SMILES string of the molecule is Cc1ccc(F)c(NC(=O)CN(c2cccc(Cl)c2)S(C)(=O)=O)c1. The highest BCUT2D eigenvalue weighted by Gasteiger charge is 2.21. The highest BCUT2D eigenvalue weighted by molar-refractivity contribution is 7.92. The van der Waals surface area contributed by atoms with Gasteiger partial charge in [-0.3, -0.25) is 9.10 Å². The first-order chi connectivity index (χ1) is 11.2. The van der Waals surface area contributed by atoms with E-state index in [1.807, 2.05) is 0 Å². The van der Waals surface area contributed by atoms with Crippen LogP contribution in [0.5, 0.6) is 0 Å². The summed E-state index contributed by atoms with van der Waals surface area (Å²) in [6.45, 7) is 1.26. The Hall–Kier alpha value is -2.12. The zero-order chi connectivity index (χ0) is 17.9. The van der Waals surface area contributed by atoms with Gasteiger partial charge in [0.1, 0.15) is 12.4 Å². The van der Waals surface area contributed by atoms with Crippen LogP contribution in [0.2, 0.25) is 5.02 Å². The first-order valence-corrected chi connectivity index (χ1v) is 9.19. The van der Waals surface area contributed by atoms with Crippen LogP contribution in [0.15, 0.2) is 42.5 Å². The summed E-state index contributed by atoms with van der Waals surface area (Å²) in [5.41, 5.74) is 1.02. The molecule has 2 aromatic carbocycles. The van der Waals surface area contributed by atoms with Crippen molar-refractivity contribution in [1.29, 1.82) is 0 Å². The lowest BCUT2D eigenvalue weighted by Crippen LogP contribution is -2.37. The quantitative estimate of drug-likeness (QED) is 0.878. The van der Waals surface area contributed by atoms with Crippen molar-refractivity contribution in [1.82, 2.24) is 0 Å². The number of benzene rings is 2. The van der Waals surface area contributed by atoms with Gasteiger partial charge in [-0.05, 0) is 42.8 Å². The van der Waals surface area contributed by atoms with Gasteiger partial charge < -0.3 is 5.32 Å². The minimum Gasteiger partial charge on any atom is -0.322 e. The van der Waals surface area contributed by atoms with Gasteiger partial charge in [-0.25, -0.2) is 12.8 Å². The molecule has 2 aromatic rings. The van der Waals surface area contributed by atoms with Crippen molar-refractivity contribution in [3.63, 3.8) is 0 Å². The van der Waals surface area contributed by atoms with Gasteiger partial charge in [-0.15, -0.1) is 0 Å². The van der Waals surface area contributed by atoms with E-state index in [-0.39, 0.29) is 11.4 Å². The van der Waals surface area contributed by atoms with Gasteiger partial charge in [0, 0.05) is 5.02 Å². The third-order valence-electron chi connectivity index (χ3n) is 3.18. The summed E-state index contributed by atoms with van der Waals surface area (Å²) < 4.78 is 38.6. The zero-order valence-electron chi connectivity index (χ0n) is 13.1. The second-order valence-corrected chi connectivity index (χ2v) is 7.62. The van der Waals surface area contributed by atoms with Gasteiger partial charge in [0.25, 0.3) is 0 Å². The Balaban J connectivity index is 2.24. The monoisotopic (exact) mass is 370 g/mol. The fraction of sp³-hybridized carbons (Fsp3) is 0.188. The second-order valence-electron chi connectivity index (χ2n) is 5.28. The largest absolute Gasteiger partial charge is 0.322 e. The molecule has 0 aromatic heterocycles. The van der Waals surface area contributed by atoms with Crippen molar-refractivity contribution in [3.8, 4) is 0 Å². The molecule has 24 heavy (non-hydrogen) atoms. The number of carbonyl (C=O) groups excluding carboxylic acids is 1. The third-order valence-corrected chi connectivity index (χ3v) is 4.56. The number of hydrogen-bond donors (Lipinski definition) is 1. The van der Waals surface area contributed by atoms with Crippen LogP contribution in [0.3, 0.4) is 0 Å². The Morgan fingerprint density at radius 2 is 1.96 bits per heavy atom. The number of nitrogens with zero attached hydrogens (tertiary/aromatic N) is 1. The molecule has 0 heterocycles. The van der Waals surface area contributed by atoms with Crippen LogP contribution < -0.4 is 9.62 Å². The van der Waals surface area contributed by atoms with E-state index < -0.39 is 28.3 Å². The molecule has 0 bridgehead atoms. The maximum Gasteiger partial charge on any atom is 0.245 e. The second kappa shape index (κ2) is 7.19. The van der Waals surface area contributed by atoms with Crippen molar-refractivity contribution < 1.29 is 17.6 Å². The smallest absolute Gasteiger partial charge is 0.245 e. The molecular weight excluding hydrogens is 355 g/mol. The molecule has 0 saturated heterocycles. The lowest BCUT2D eigenvalue weighted by Gasteiger charge is -2.22. The minimum atomic E-state index is -3.72. The number of rotatable bonds is 5. The maximum absolute atomic E-state index is 13.7. The number of anilines is 2. The summed E-state index contributed by atoms with van der Waals surface area (Å²) in [7, 11) is -3.72. The Morgan fingerprint density at radius 3 is 2.58 bits per heavy atom. The number of amides is 1. The van der Waals surface area contributed by atoms with Crippen LogP contribution in [-0.2, 0) is 14.8 Å². The summed E-state index contributed by atoms with van der Waals surface area (Å²) in [6.07, 6.45) is 0.981. The first kappa shape index (κ1) is 18.2. The van der Waals surface area contributed by atoms with Crippen LogP contribution in [0, 0.1) is 12.7 Å². The Morgan fingerprint density at radius 1 is 1.25 bits per heavy atom. The van der Waals surface area contributed by atoms with Gasteiger partial charge in [-0.2, -0.15) is 0 Å². The molecule has 0 unspecified atom stereocenters. The molecule has 5 nitrogen and oxygen atoms in total. The summed E-state index contributed by atoms with van der Waals surface area (Å²) in [5, 5.41) is 2.72. The van der Waals surface area contributed by atoms with Crippen LogP contribution in [0.1, 0.15) is 5.56 Å². The molecule has 0 atom stereocenters. The molecule has 0 spiro atoms. The van der Waals surface area contributed by atoms with Crippen LogP contribution in [0.4, 0.5) is 15.8 Å². The number of halogens is 2. The van der Waals surface area contributed by atoms with E-state index >= 15 is 0 Å². The molecule has 0 radical (unpaired) electrons. The van der Waals surface area contributed by atoms with Crippen LogP contribution in [0.25, 0.3) is 0 Å². The molecule has 128 valence electrons. The molecule has 0 aliphatic rings. The fourth-order valence-corrected chi connectivity index (χ4v) is 3.12. The lowest BCUT2D eigenvalue weighted by atomic mass is 10.2. The third kappa shape index (κ3) is 4.69. The first-order valence-electron chi connectivity index (χ1n) is 6.96. The summed E-state index contributed by atoms with van der Waals surface area (Å²) in [6, 6.07) is 10.4. The summed E-state index contributed by atoms with van der Waals surface area (Å²) >= 11 is 5.87. The molecule has 1 N–H and O–H groups in total. The fourth-order valence-electron chi connectivity index (χ4n) is 2.09. The Bertz CT molecular complexity index is 871. The number of aryl methyl sites for hydroxylation is 1. The molecule has 0 fully saturated rings. The van der Waals surface area contributed by atoms with Crippen LogP contribution in [-0.4, -0.2) is 27.1 Å². The van der Waals surface area contributed by atoms with E-state index in [9.17, 15) is 17.6 Å². The number of carbonyl (C=O) groups is 1. The number of hydrogen-bond acceptors (Lipinski definition) is 3. The molecule has 1 amide bonds. The highest BCUT2D eigenvalue weighted by atomic mass is 35.5. The highest BCUT2D eigenvalue weighted by Crippen LogP contribution is 2.22. The average molecular weight is 371 g/mol. The molecular formula is C16H16ClFN2O3S. The van der Waals surface area contributed by atoms with Gasteiger partial charge in [0.05, 0.1) is 17.6 Å².